The van der Waals surface area contributed by atoms with Gasteiger partial charge < -0.3 is 0 Å². The molecule has 0 bridgehead atoms. The smallest absolute Gasteiger partial charge is 0.00995 e. The highest BCUT2D eigenvalue weighted by molar-refractivity contribution is 6.10. The van der Waals surface area contributed by atoms with Crippen LogP contribution in [-0.4, -0.2) is 0 Å². The highest BCUT2D eigenvalue weighted by Crippen LogP contribution is 2.47. The summed E-state index contributed by atoms with van der Waals surface area (Å²) in [4.78, 5) is 0. The number of benzene rings is 3. The molecular weight excluding hydrogens is 312 g/mol. The molecule has 0 saturated carbocycles. The SMILES string of the molecule is CC(C)(C)c1cc2ccccc2c2ccc3c(c12)CCCC3C(C)(C)C. The minimum absolute atomic E-state index is 0.145. The van der Waals surface area contributed by atoms with Crippen molar-refractivity contribution in [3.63, 3.8) is 0 Å². The molecule has 136 valence electrons. The number of hydrogen-bond acceptors (Lipinski definition) is 0. The van der Waals surface area contributed by atoms with Crippen LogP contribution in [0.25, 0.3) is 21.5 Å². The molecule has 0 spiro atoms. The summed E-state index contributed by atoms with van der Waals surface area (Å²) >= 11 is 0. The molecule has 1 aliphatic rings. The number of aryl methyl sites for hydroxylation is 1. The summed E-state index contributed by atoms with van der Waals surface area (Å²) in [6, 6.07) is 16.2. The van der Waals surface area contributed by atoms with Crippen molar-refractivity contribution in [2.75, 3.05) is 0 Å². The second kappa shape index (κ2) is 5.84. The highest BCUT2D eigenvalue weighted by atomic mass is 14.4. The van der Waals surface area contributed by atoms with Crippen molar-refractivity contribution in [1.82, 2.24) is 0 Å². The lowest BCUT2D eigenvalue weighted by atomic mass is 9.67. The van der Waals surface area contributed by atoms with Crippen molar-refractivity contribution >= 4 is 21.5 Å². The van der Waals surface area contributed by atoms with Crippen molar-refractivity contribution in [2.24, 2.45) is 5.41 Å². The van der Waals surface area contributed by atoms with E-state index in [1.807, 2.05) is 0 Å². The van der Waals surface area contributed by atoms with Crippen molar-refractivity contribution in [3.05, 3.63) is 59.2 Å². The molecule has 4 rings (SSSR count). The van der Waals surface area contributed by atoms with Gasteiger partial charge in [-0.1, -0.05) is 77.9 Å². The molecular formula is C26H32. The van der Waals surface area contributed by atoms with Crippen LogP contribution in [0.4, 0.5) is 0 Å². The Bertz CT molecular complexity index is 977. The summed E-state index contributed by atoms with van der Waals surface area (Å²) in [6.45, 7) is 14.3. The highest BCUT2D eigenvalue weighted by Gasteiger charge is 2.32. The molecule has 0 radical (unpaired) electrons. The Labute approximate surface area is 158 Å². The first-order chi connectivity index (χ1) is 12.2. The predicted octanol–water partition coefficient (Wildman–Crippen LogP) is 7.76. The van der Waals surface area contributed by atoms with Crippen LogP contribution in [0.3, 0.4) is 0 Å². The summed E-state index contributed by atoms with van der Waals surface area (Å²) in [7, 11) is 0. The summed E-state index contributed by atoms with van der Waals surface area (Å²) in [6.07, 6.45) is 3.85. The van der Waals surface area contributed by atoms with Crippen LogP contribution < -0.4 is 0 Å². The van der Waals surface area contributed by atoms with Crippen molar-refractivity contribution in [2.45, 2.75) is 72.1 Å². The lowest BCUT2D eigenvalue weighted by Crippen LogP contribution is -2.24. The summed E-state index contributed by atoms with van der Waals surface area (Å²) in [5.74, 6) is 0.662. The molecule has 0 fully saturated rings. The van der Waals surface area contributed by atoms with E-state index in [1.165, 1.54) is 41.0 Å². The molecule has 26 heavy (non-hydrogen) atoms. The predicted molar refractivity (Wildman–Crippen MR) is 115 cm³/mol. The van der Waals surface area contributed by atoms with E-state index in [-0.39, 0.29) is 5.41 Å². The molecule has 1 atom stereocenters. The second-order valence-electron chi connectivity index (χ2n) is 10.3. The fraction of sp³-hybridized carbons (Fsp3) is 0.462. The van der Waals surface area contributed by atoms with Crippen LogP contribution in [0.5, 0.6) is 0 Å². The van der Waals surface area contributed by atoms with Crippen LogP contribution in [-0.2, 0) is 11.8 Å². The molecule has 0 heterocycles. The summed E-state index contributed by atoms with van der Waals surface area (Å²) in [5.41, 5.74) is 5.22. The Morgan fingerprint density at radius 2 is 1.58 bits per heavy atom. The largest absolute Gasteiger partial charge is 0.0616 e. The lowest BCUT2D eigenvalue weighted by Gasteiger charge is -2.37. The molecule has 0 nitrogen and oxygen atoms in total. The van der Waals surface area contributed by atoms with Gasteiger partial charge in [0.1, 0.15) is 0 Å². The number of fused-ring (bicyclic) bond motifs is 5. The molecule has 1 unspecified atom stereocenters. The Hall–Kier alpha value is -1.82. The third kappa shape index (κ3) is 2.75. The third-order valence-corrected chi connectivity index (χ3v) is 6.32. The lowest BCUT2D eigenvalue weighted by molar-refractivity contribution is 0.290. The topological polar surface area (TPSA) is 0 Å². The normalized spacial score (nSPS) is 18.3. The molecule has 0 aliphatic heterocycles. The van der Waals surface area contributed by atoms with E-state index in [4.69, 9.17) is 0 Å². The van der Waals surface area contributed by atoms with Crippen molar-refractivity contribution in [3.8, 4) is 0 Å². The molecule has 0 saturated heterocycles. The summed E-state index contributed by atoms with van der Waals surface area (Å²) < 4.78 is 0. The number of rotatable bonds is 0. The molecule has 0 heteroatoms. The molecule has 0 N–H and O–H groups in total. The van der Waals surface area contributed by atoms with E-state index in [0.29, 0.717) is 11.3 Å². The van der Waals surface area contributed by atoms with Gasteiger partial charge in [0.15, 0.2) is 0 Å². The Kier molecular flexibility index (Phi) is 3.95. The Morgan fingerprint density at radius 1 is 0.846 bits per heavy atom. The number of hydrogen-bond donors (Lipinski definition) is 0. The van der Waals surface area contributed by atoms with Crippen LogP contribution in [0.2, 0.25) is 0 Å². The maximum Gasteiger partial charge on any atom is -0.00995 e. The third-order valence-electron chi connectivity index (χ3n) is 6.32. The molecule has 3 aromatic carbocycles. The molecule has 3 aromatic rings. The van der Waals surface area contributed by atoms with Gasteiger partial charge in [-0.25, -0.2) is 0 Å². The van der Waals surface area contributed by atoms with Gasteiger partial charge in [-0.2, -0.15) is 0 Å². The Morgan fingerprint density at radius 3 is 2.27 bits per heavy atom. The van der Waals surface area contributed by atoms with Gasteiger partial charge >= 0.3 is 0 Å². The zero-order chi connectivity index (χ0) is 18.7. The zero-order valence-electron chi connectivity index (χ0n) is 17.2. The average molecular weight is 345 g/mol. The monoisotopic (exact) mass is 344 g/mol. The Balaban J connectivity index is 2.14. The van der Waals surface area contributed by atoms with Crippen LogP contribution in [0.15, 0.2) is 42.5 Å². The standard InChI is InChI=1S/C26H32/c1-25(2,3)22-13-9-12-20-19(22)14-15-21-18-11-8-7-10-17(18)16-23(24(20)21)26(4,5)6/h7-8,10-11,14-16,22H,9,12-13H2,1-6H3. The minimum atomic E-state index is 0.145. The average Bonchev–Trinajstić information content (AvgIpc) is 2.58. The maximum absolute atomic E-state index is 2.46. The van der Waals surface area contributed by atoms with Crippen LogP contribution >= 0.6 is 0 Å². The van der Waals surface area contributed by atoms with Crippen LogP contribution in [0.1, 0.15) is 77.0 Å². The van der Waals surface area contributed by atoms with E-state index >= 15 is 0 Å². The van der Waals surface area contributed by atoms with Crippen molar-refractivity contribution in [1.29, 1.82) is 0 Å². The van der Waals surface area contributed by atoms with Gasteiger partial charge in [-0.05, 0) is 80.3 Å². The first-order valence-corrected chi connectivity index (χ1v) is 10.2. The fourth-order valence-corrected chi connectivity index (χ4v) is 5.02. The molecule has 1 aliphatic carbocycles. The van der Waals surface area contributed by atoms with E-state index in [0.717, 1.165) is 0 Å². The van der Waals surface area contributed by atoms with E-state index in [2.05, 4.69) is 84.0 Å². The van der Waals surface area contributed by atoms with E-state index < -0.39 is 0 Å². The van der Waals surface area contributed by atoms with Gasteiger partial charge in [-0.15, -0.1) is 0 Å². The first kappa shape index (κ1) is 17.6. The minimum Gasteiger partial charge on any atom is -0.0616 e. The van der Waals surface area contributed by atoms with E-state index in [9.17, 15) is 0 Å². The van der Waals surface area contributed by atoms with E-state index in [1.54, 1.807) is 16.5 Å². The van der Waals surface area contributed by atoms with Gasteiger partial charge in [0.25, 0.3) is 0 Å². The van der Waals surface area contributed by atoms with Crippen LogP contribution in [0, 0.1) is 5.41 Å². The zero-order valence-corrected chi connectivity index (χ0v) is 17.2. The second-order valence-corrected chi connectivity index (χ2v) is 10.3. The van der Waals surface area contributed by atoms with Gasteiger partial charge in [0.2, 0.25) is 0 Å². The van der Waals surface area contributed by atoms with Crippen molar-refractivity contribution < 1.29 is 0 Å². The maximum atomic E-state index is 2.46. The first-order valence-electron chi connectivity index (χ1n) is 10.2. The van der Waals surface area contributed by atoms with Gasteiger partial charge in [-0.3, -0.25) is 0 Å². The molecule has 0 aromatic heterocycles. The molecule has 0 amide bonds. The quantitative estimate of drug-likeness (QED) is 0.366. The van der Waals surface area contributed by atoms with Gasteiger partial charge in [0, 0.05) is 0 Å². The summed E-state index contributed by atoms with van der Waals surface area (Å²) in [5, 5.41) is 5.76. The van der Waals surface area contributed by atoms with Gasteiger partial charge in [0.05, 0.1) is 0 Å². The fourth-order valence-electron chi connectivity index (χ4n) is 5.02.